The van der Waals surface area contributed by atoms with Gasteiger partial charge in [0.15, 0.2) is 0 Å². The molecule has 0 aliphatic carbocycles. The highest BCUT2D eigenvalue weighted by molar-refractivity contribution is 5.78. The summed E-state index contributed by atoms with van der Waals surface area (Å²) in [7, 11) is 0. The lowest BCUT2D eigenvalue weighted by Crippen LogP contribution is -1.89. The van der Waals surface area contributed by atoms with Crippen LogP contribution in [0.25, 0.3) is 0 Å². The van der Waals surface area contributed by atoms with E-state index in [1.54, 1.807) is 0 Å². The van der Waals surface area contributed by atoms with Gasteiger partial charge in [0.05, 0.1) is 6.04 Å². The first-order chi connectivity index (χ1) is 4.29. The maximum absolute atomic E-state index is 4.22. The van der Waals surface area contributed by atoms with Crippen molar-refractivity contribution in [3.63, 3.8) is 0 Å². The minimum atomic E-state index is 0.346. The first kappa shape index (κ1) is 6.27. The standard InChI is InChI=1S/C8H11N/c1-7-4-3-5-8(2)9-6-7/h3-6,8H,1-2H3. The van der Waals surface area contributed by atoms with Crippen LogP contribution >= 0.6 is 0 Å². The molecule has 1 aliphatic rings. The number of aliphatic imine (C=N–C) groups is 1. The molecule has 1 rings (SSSR count). The van der Waals surface area contributed by atoms with Gasteiger partial charge in [-0.1, -0.05) is 18.2 Å². The molecule has 0 radical (unpaired) electrons. The van der Waals surface area contributed by atoms with Crippen LogP contribution in [0, 0.1) is 0 Å². The van der Waals surface area contributed by atoms with E-state index in [-0.39, 0.29) is 0 Å². The molecule has 48 valence electrons. The van der Waals surface area contributed by atoms with E-state index in [0.717, 1.165) is 0 Å². The molecular formula is C8H11N. The topological polar surface area (TPSA) is 12.4 Å². The lowest BCUT2D eigenvalue weighted by Gasteiger charge is -1.92. The summed E-state index contributed by atoms with van der Waals surface area (Å²) >= 11 is 0. The Morgan fingerprint density at radius 3 is 3.11 bits per heavy atom. The van der Waals surface area contributed by atoms with E-state index in [1.807, 2.05) is 19.2 Å². The molecule has 1 atom stereocenters. The third-order valence-corrected chi connectivity index (χ3v) is 1.26. The third-order valence-electron chi connectivity index (χ3n) is 1.26. The van der Waals surface area contributed by atoms with E-state index >= 15 is 0 Å². The summed E-state index contributed by atoms with van der Waals surface area (Å²) in [6.45, 7) is 4.12. The van der Waals surface area contributed by atoms with Crippen LogP contribution in [0.4, 0.5) is 0 Å². The number of rotatable bonds is 0. The van der Waals surface area contributed by atoms with Gasteiger partial charge in [0.2, 0.25) is 0 Å². The lowest BCUT2D eigenvalue weighted by atomic mass is 10.3. The average molecular weight is 121 g/mol. The highest BCUT2D eigenvalue weighted by Crippen LogP contribution is 1.99. The SMILES string of the molecule is CC1=CC=CC(C)N=C1. The van der Waals surface area contributed by atoms with Crippen molar-refractivity contribution in [3.8, 4) is 0 Å². The van der Waals surface area contributed by atoms with E-state index < -0.39 is 0 Å². The van der Waals surface area contributed by atoms with Gasteiger partial charge in [0.25, 0.3) is 0 Å². The molecule has 0 saturated heterocycles. The molecule has 0 N–H and O–H groups in total. The number of nitrogens with zero attached hydrogens (tertiary/aromatic N) is 1. The minimum Gasteiger partial charge on any atom is -0.286 e. The number of hydrogen-bond acceptors (Lipinski definition) is 1. The predicted octanol–water partition coefficient (Wildman–Crippen LogP) is 1.96. The molecular weight excluding hydrogens is 110 g/mol. The summed E-state index contributed by atoms with van der Waals surface area (Å²) in [5.41, 5.74) is 1.22. The van der Waals surface area contributed by atoms with Gasteiger partial charge >= 0.3 is 0 Å². The van der Waals surface area contributed by atoms with E-state index in [9.17, 15) is 0 Å². The fourth-order valence-electron chi connectivity index (χ4n) is 0.696. The Labute approximate surface area is 55.8 Å². The van der Waals surface area contributed by atoms with E-state index in [2.05, 4.69) is 24.1 Å². The Morgan fingerprint density at radius 2 is 2.33 bits per heavy atom. The number of allylic oxidation sites excluding steroid dienone is 3. The molecule has 0 aromatic carbocycles. The third kappa shape index (κ3) is 1.84. The Bertz CT molecular complexity index is 175. The molecule has 1 heterocycles. The first-order valence-electron chi connectivity index (χ1n) is 3.17. The number of hydrogen-bond donors (Lipinski definition) is 0. The second-order valence-electron chi connectivity index (χ2n) is 2.31. The van der Waals surface area contributed by atoms with Crippen LogP contribution in [0.5, 0.6) is 0 Å². The first-order valence-corrected chi connectivity index (χ1v) is 3.17. The van der Waals surface area contributed by atoms with Gasteiger partial charge in [0, 0.05) is 6.21 Å². The smallest absolute Gasteiger partial charge is 0.0654 e. The van der Waals surface area contributed by atoms with Crippen LogP contribution in [0.2, 0.25) is 0 Å². The van der Waals surface area contributed by atoms with Crippen molar-refractivity contribution in [3.05, 3.63) is 23.8 Å². The van der Waals surface area contributed by atoms with Crippen LogP contribution < -0.4 is 0 Å². The molecule has 1 unspecified atom stereocenters. The van der Waals surface area contributed by atoms with Crippen molar-refractivity contribution < 1.29 is 0 Å². The van der Waals surface area contributed by atoms with Crippen molar-refractivity contribution in [1.82, 2.24) is 0 Å². The fraction of sp³-hybridized carbons (Fsp3) is 0.375. The summed E-state index contributed by atoms with van der Waals surface area (Å²) in [5, 5.41) is 0. The van der Waals surface area contributed by atoms with Gasteiger partial charge in [-0.05, 0) is 19.4 Å². The molecule has 1 heteroatoms. The van der Waals surface area contributed by atoms with E-state index in [1.165, 1.54) is 5.57 Å². The summed E-state index contributed by atoms with van der Waals surface area (Å²) < 4.78 is 0. The predicted molar refractivity (Wildman–Crippen MR) is 40.9 cm³/mol. The van der Waals surface area contributed by atoms with Crippen molar-refractivity contribution in [2.45, 2.75) is 19.9 Å². The quantitative estimate of drug-likeness (QED) is 0.464. The van der Waals surface area contributed by atoms with E-state index in [0.29, 0.717) is 6.04 Å². The average Bonchev–Trinajstić information content (AvgIpc) is 1.97. The van der Waals surface area contributed by atoms with Gasteiger partial charge in [-0.25, -0.2) is 0 Å². The molecule has 0 aromatic heterocycles. The Morgan fingerprint density at radius 1 is 1.56 bits per heavy atom. The van der Waals surface area contributed by atoms with Crippen molar-refractivity contribution in [1.29, 1.82) is 0 Å². The highest BCUT2D eigenvalue weighted by atomic mass is 14.7. The van der Waals surface area contributed by atoms with Crippen LogP contribution in [-0.2, 0) is 0 Å². The van der Waals surface area contributed by atoms with Gasteiger partial charge in [0.1, 0.15) is 0 Å². The zero-order chi connectivity index (χ0) is 6.69. The zero-order valence-corrected chi connectivity index (χ0v) is 5.83. The van der Waals surface area contributed by atoms with Crippen LogP contribution in [-0.4, -0.2) is 12.3 Å². The van der Waals surface area contributed by atoms with Crippen LogP contribution in [0.3, 0.4) is 0 Å². The van der Waals surface area contributed by atoms with Crippen molar-refractivity contribution in [2.75, 3.05) is 0 Å². The normalized spacial score (nSPS) is 25.6. The molecule has 1 nitrogen and oxygen atoms in total. The zero-order valence-electron chi connectivity index (χ0n) is 5.83. The Kier molecular flexibility index (Phi) is 1.83. The maximum atomic E-state index is 4.22. The van der Waals surface area contributed by atoms with Gasteiger partial charge in [-0.2, -0.15) is 0 Å². The van der Waals surface area contributed by atoms with Crippen LogP contribution in [0.1, 0.15) is 13.8 Å². The fourth-order valence-corrected chi connectivity index (χ4v) is 0.696. The van der Waals surface area contributed by atoms with Crippen molar-refractivity contribution in [2.24, 2.45) is 4.99 Å². The minimum absolute atomic E-state index is 0.346. The molecule has 0 fully saturated rings. The van der Waals surface area contributed by atoms with Gasteiger partial charge in [-0.3, -0.25) is 4.99 Å². The summed E-state index contributed by atoms with van der Waals surface area (Å²) in [6.07, 6.45) is 8.09. The molecule has 0 amide bonds. The highest BCUT2D eigenvalue weighted by Gasteiger charge is 1.91. The largest absolute Gasteiger partial charge is 0.286 e. The second kappa shape index (κ2) is 2.62. The molecule has 0 spiro atoms. The monoisotopic (exact) mass is 121 g/mol. The maximum Gasteiger partial charge on any atom is 0.0654 e. The molecule has 1 aliphatic heterocycles. The van der Waals surface area contributed by atoms with Gasteiger partial charge in [-0.15, -0.1) is 0 Å². The molecule has 0 saturated carbocycles. The lowest BCUT2D eigenvalue weighted by molar-refractivity contribution is 0.935. The Hall–Kier alpha value is -0.850. The van der Waals surface area contributed by atoms with Gasteiger partial charge < -0.3 is 0 Å². The summed E-state index contributed by atoms with van der Waals surface area (Å²) in [6, 6.07) is 0.346. The second-order valence-corrected chi connectivity index (χ2v) is 2.31. The molecule has 0 aromatic rings. The van der Waals surface area contributed by atoms with E-state index in [4.69, 9.17) is 0 Å². The molecule has 9 heavy (non-hydrogen) atoms. The molecule has 0 bridgehead atoms. The summed E-state index contributed by atoms with van der Waals surface area (Å²) in [4.78, 5) is 4.22. The Balaban J connectivity index is 2.75. The van der Waals surface area contributed by atoms with Crippen LogP contribution in [0.15, 0.2) is 28.8 Å². The summed E-state index contributed by atoms with van der Waals surface area (Å²) in [5.74, 6) is 0. The van der Waals surface area contributed by atoms with Crippen molar-refractivity contribution >= 4 is 6.21 Å².